The van der Waals surface area contributed by atoms with Gasteiger partial charge in [-0.25, -0.2) is 0 Å². The molecule has 2 aromatic carbocycles. The van der Waals surface area contributed by atoms with Crippen molar-refractivity contribution in [1.82, 2.24) is 9.88 Å². The fourth-order valence-corrected chi connectivity index (χ4v) is 3.43. The summed E-state index contributed by atoms with van der Waals surface area (Å²) in [7, 11) is 0. The zero-order valence-corrected chi connectivity index (χ0v) is 13.3. The molecule has 0 saturated heterocycles. The number of benzene rings is 2. The predicted molar refractivity (Wildman–Crippen MR) is 94.1 cm³/mol. The minimum absolute atomic E-state index is 0.0750. The van der Waals surface area contributed by atoms with Gasteiger partial charge in [-0.3, -0.25) is 9.59 Å². The van der Waals surface area contributed by atoms with Crippen LogP contribution in [0.4, 0.5) is 0 Å². The average molecular weight is 318 g/mol. The minimum atomic E-state index is -0.243. The number of aryl methyl sites for hydroxylation is 1. The number of nitrogens with one attached hydrogen (secondary N) is 1. The van der Waals surface area contributed by atoms with E-state index in [1.807, 2.05) is 41.3 Å². The molecule has 1 aliphatic heterocycles. The maximum absolute atomic E-state index is 13.1. The maximum atomic E-state index is 13.1. The average Bonchev–Trinajstić information content (AvgIpc) is 2.82. The molecule has 4 rings (SSSR count). The number of amides is 1. The van der Waals surface area contributed by atoms with E-state index < -0.39 is 0 Å². The number of carbonyl (C=O) groups is 1. The van der Waals surface area contributed by atoms with Gasteiger partial charge in [0.15, 0.2) is 0 Å². The Kier molecular flexibility index (Phi) is 3.65. The van der Waals surface area contributed by atoms with Gasteiger partial charge in [-0.15, -0.1) is 0 Å². The third-order valence-electron chi connectivity index (χ3n) is 4.62. The number of carbonyl (C=O) groups excluding carboxylic acids is 1. The number of aromatic amines is 1. The molecule has 1 N–H and O–H groups in total. The number of rotatable bonds is 1. The molecule has 0 spiro atoms. The summed E-state index contributed by atoms with van der Waals surface area (Å²) in [6.07, 6.45) is 1.92. The summed E-state index contributed by atoms with van der Waals surface area (Å²) < 4.78 is 0. The van der Waals surface area contributed by atoms with Crippen molar-refractivity contribution in [3.05, 3.63) is 81.6 Å². The van der Waals surface area contributed by atoms with Crippen LogP contribution in [0, 0.1) is 0 Å². The number of para-hydroxylation sites is 1. The molecule has 3 aromatic rings. The first-order chi connectivity index (χ1) is 11.7. The Bertz CT molecular complexity index is 975. The van der Waals surface area contributed by atoms with Crippen LogP contribution in [0.15, 0.2) is 59.4 Å². The predicted octanol–water partition coefficient (Wildman–Crippen LogP) is 3.12. The van der Waals surface area contributed by atoms with Crippen LogP contribution in [-0.2, 0) is 13.0 Å². The van der Waals surface area contributed by atoms with Crippen molar-refractivity contribution in [2.75, 3.05) is 6.54 Å². The molecule has 1 amide bonds. The van der Waals surface area contributed by atoms with Crippen LogP contribution < -0.4 is 5.56 Å². The first-order valence-electron chi connectivity index (χ1n) is 8.20. The standard InChI is InChI=1S/C20H18N2O2/c23-19-12-17(16-9-3-4-10-18(16)21-19)20(24)22-11-5-8-14-6-1-2-7-15(14)13-22/h1-4,6-7,9-10,12H,5,8,11,13H2,(H,21,23). The topological polar surface area (TPSA) is 53.2 Å². The van der Waals surface area contributed by atoms with Gasteiger partial charge in [0.2, 0.25) is 5.56 Å². The fraction of sp³-hybridized carbons (Fsp3) is 0.200. The Morgan fingerprint density at radius 1 is 1.00 bits per heavy atom. The van der Waals surface area contributed by atoms with Crippen molar-refractivity contribution in [3.8, 4) is 0 Å². The van der Waals surface area contributed by atoms with Gasteiger partial charge in [0.05, 0.1) is 5.56 Å². The van der Waals surface area contributed by atoms with Gasteiger partial charge in [0, 0.05) is 30.1 Å². The molecule has 4 nitrogen and oxygen atoms in total. The second-order valence-electron chi connectivity index (χ2n) is 6.19. The molecule has 1 aliphatic rings. The highest BCUT2D eigenvalue weighted by molar-refractivity contribution is 6.05. The van der Waals surface area contributed by atoms with Crippen molar-refractivity contribution in [2.45, 2.75) is 19.4 Å². The molecule has 0 saturated carbocycles. The van der Waals surface area contributed by atoms with Gasteiger partial charge < -0.3 is 9.88 Å². The van der Waals surface area contributed by atoms with E-state index in [1.165, 1.54) is 17.2 Å². The van der Waals surface area contributed by atoms with Crippen LogP contribution in [-0.4, -0.2) is 22.3 Å². The number of hydrogen-bond donors (Lipinski definition) is 1. The fourth-order valence-electron chi connectivity index (χ4n) is 3.43. The molecular weight excluding hydrogens is 300 g/mol. The summed E-state index contributed by atoms with van der Waals surface area (Å²) in [6.45, 7) is 1.30. The lowest BCUT2D eigenvalue weighted by Gasteiger charge is -2.21. The van der Waals surface area contributed by atoms with Crippen LogP contribution >= 0.6 is 0 Å². The van der Waals surface area contributed by atoms with Crippen LogP contribution in [0.25, 0.3) is 10.9 Å². The lowest BCUT2D eigenvalue weighted by molar-refractivity contribution is 0.0747. The highest BCUT2D eigenvalue weighted by Crippen LogP contribution is 2.22. The summed E-state index contributed by atoms with van der Waals surface area (Å²) in [5.41, 5.74) is 3.44. The first-order valence-corrected chi connectivity index (χ1v) is 8.20. The zero-order valence-electron chi connectivity index (χ0n) is 13.3. The third-order valence-corrected chi connectivity index (χ3v) is 4.62. The smallest absolute Gasteiger partial charge is 0.255 e. The molecule has 0 bridgehead atoms. The quantitative estimate of drug-likeness (QED) is 0.749. The molecule has 0 unspecified atom stereocenters. The number of pyridine rings is 1. The van der Waals surface area contributed by atoms with Gasteiger partial charge in [0.25, 0.3) is 5.91 Å². The van der Waals surface area contributed by atoms with Crippen molar-refractivity contribution in [2.24, 2.45) is 0 Å². The number of H-pyrrole nitrogens is 1. The van der Waals surface area contributed by atoms with Gasteiger partial charge in [-0.2, -0.15) is 0 Å². The van der Waals surface area contributed by atoms with Gasteiger partial charge in [0.1, 0.15) is 0 Å². The van der Waals surface area contributed by atoms with Crippen molar-refractivity contribution < 1.29 is 4.79 Å². The minimum Gasteiger partial charge on any atom is -0.334 e. The Morgan fingerprint density at radius 3 is 2.62 bits per heavy atom. The van der Waals surface area contributed by atoms with E-state index >= 15 is 0 Å². The second-order valence-corrected chi connectivity index (χ2v) is 6.19. The second kappa shape index (κ2) is 5.96. The Labute approximate surface area is 139 Å². The van der Waals surface area contributed by atoms with E-state index in [4.69, 9.17) is 0 Å². The Morgan fingerprint density at radius 2 is 1.75 bits per heavy atom. The molecule has 0 radical (unpaired) electrons. The largest absolute Gasteiger partial charge is 0.334 e. The number of nitrogens with zero attached hydrogens (tertiary/aromatic N) is 1. The molecule has 2 heterocycles. The van der Waals surface area contributed by atoms with E-state index in [0.717, 1.165) is 18.2 Å². The molecular formula is C20H18N2O2. The maximum Gasteiger partial charge on any atom is 0.255 e. The summed E-state index contributed by atoms with van der Waals surface area (Å²) >= 11 is 0. The highest BCUT2D eigenvalue weighted by atomic mass is 16.2. The number of aromatic nitrogens is 1. The number of hydrogen-bond acceptors (Lipinski definition) is 2. The van der Waals surface area contributed by atoms with Crippen LogP contribution in [0.5, 0.6) is 0 Å². The molecule has 4 heteroatoms. The molecule has 120 valence electrons. The van der Waals surface area contributed by atoms with Gasteiger partial charge >= 0.3 is 0 Å². The van der Waals surface area contributed by atoms with Crippen LogP contribution in [0.3, 0.4) is 0 Å². The molecule has 0 atom stereocenters. The molecule has 0 fully saturated rings. The Hall–Kier alpha value is -2.88. The van der Waals surface area contributed by atoms with Gasteiger partial charge in [-0.1, -0.05) is 42.5 Å². The van der Waals surface area contributed by atoms with Crippen LogP contribution in [0.1, 0.15) is 27.9 Å². The lowest BCUT2D eigenvalue weighted by atomic mass is 10.0. The normalized spacial score (nSPS) is 14.2. The Balaban J connectivity index is 1.76. The summed E-state index contributed by atoms with van der Waals surface area (Å²) in [4.78, 5) is 29.7. The van der Waals surface area contributed by atoms with E-state index in [2.05, 4.69) is 17.1 Å². The van der Waals surface area contributed by atoms with Crippen LogP contribution in [0.2, 0.25) is 0 Å². The van der Waals surface area contributed by atoms with Crippen molar-refractivity contribution >= 4 is 16.8 Å². The zero-order chi connectivity index (χ0) is 16.5. The first kappa shape index (κ1) is 14.7. The van der Waals surface area contributed by atoms with E-state index in [9.17, 15) is 9.59 Å². The van der Waals surface area contributed by atoms with Gasteiger partial charge in [-0.05, 0) is 30.0 Å². The van der Waals surface area contributed by atoms with Crippen molar-refractivity contribution in [3.63, 3.8) is 0 Å². The third kappa shape index (κ3) is 2.60. The van der Waals surface area contributed by atoms with E-state index in [0.29, 0.717) is 24.2 Å². The molecule has 24 heavy (non-hydrogen) atoms. The summed E-state index contributed by atoms with van der Waals surface area (Å²) in [6, 6.07) is 17.1. The summed E-state index contributed by atoms with van der Waals surface area (Å²) in [5, 5.41) is 0.791. The van der Waals surface area contributed by atoms with Crippen molar-refractivity contribution in [1.29, 1.82) is 0 Å². The number of fused-ring (bicyclic) bond motifs is 2. The molecule has 0 aliphatic carbocycles. The lowest BCUT2D eigenvalue weighted by Crippen LogP contribution is -2.31. The molecule has 1 aromatic heterocycles. The summed E-state index contributed by atoms with van der Waals surface area (Å²) in [5.74, 6) is -0.0750. The van der Waals surface area contributed by atoms with E-state index in [1.54, 1.807) is 0 Å². The van der Waals surface area contributed by atoms with E-state index in [-0.39, 0.29) is 11.5 Å². The highest BCUT2D eigenvalue weighted by Gasteiger charge is 2.22. The SMILES string of the molecule is O=C(c1cc(=O)[nH]c2ccccc12)N1CCCc2ccccc2C1. The monoisotopic (exact) mass is 318 g/mol.